The van der Waals surface area contributed by atoms with Gasteiger partial charge in [0.05, 0.1) is 12.6 Å². The van der Waals surface area contributed by atoms with Crippen molar-refractivity contribution in [1.82, 2.24) is 4.90 Å². The molecule has 0 aliphatic rings. The Balaban J connectivity index is 2.15. The highest BCUT2D eigenvalue weighted by atomic mass is 32.1. The van der Waals surface area contributed by atoms with Crippen LogP contribution in [0.5, 0.6) is 0 Å². The van der Waals surface area contributed by atoms with Crippen molar-refractivity contribution in [2.45, 2.75) is 39.4 Å². The second-order valence-electron chi connectivity index (χ2n) is 5.18. The van der Waals surface area contributed by atoms with Crippen molar-refractivity contribution in [3.05, 3.63) is 45.5 Å². The highest BCUT2D eigenvalue weighted by Gasteiger charge is 2.23. The molecule has 0 aliphatic carbocycles. The summed E-state index contributed by atoms with van der Waals surface area (Å²) in [6.45, 7) is 6.93. The number of nitrogens with zero attached hydrogens (tertiary/aromatic N) is 1. The number of furan rings is 1. The minimum Gasteiger partial charge on any atom is -0.465 e. The van der Waals surface area contributed by atoms with Gasteiger partial charge >= 0.3 is 0 Å². The van der Waals surface area contributed by atoms with Gasteiger partial charge in [-0.25, -0.2) is 0 Å². The molecule has 0 fully saturated rings. The number of likely N-dealkylation sites (N-methyl/N-ethyl adjacent to an activating group) is 1. The zero-order valence-electron chi connectivity index (χ0n) is 12.0. The van der Waals surface area contributed by atoms with Gasteiger partial charge in [-0.1, -0.05) is 0 Å². The van der Waals surface area contributed by atoms with Crippen LogP contribution in [0.3, 0.4) is 0 Å². The predicted molar refractivity (Wildman–Crippen MR) is 80.4 cm³/mol. The van der Waals surface area contributed by atoms with E-state index >= 15 is 0 Å². The number of rotatable bonds is 5. The van der Waals surface area contributed by atoms with E-state index in [4.69, 9.17) is 10.2 Å². The summed E-state index contributed by atoms with van der Waals surface area (Å²) < 4.78 is 5.65. The average molecular weight is 278 g/mol. The van der Waals surface area contributed by atoms with E-state index in [1.807, 2.05) is 30.4 Å². The molecule has 2 unspecified atom stereocenters. The Hall–Kier alpha value is -1.10. The zero-order valence-corrected chi connectivity index (χ0v) is 12.8. The van der Waals surface area contributed by atoms with Crippen molar-refractivity contribution in [3.63, 3.8) is 0 Å². The number of aryl methyl sites for hydroxylation is 2. The number of nitrogens with two attached hydrogens (primary N) is 1. The van der Waals surface area contributed by atoms with Gasteiger partial charge in [-0.2, -0.15) is 0 Å². The quantitative estimate of drug-likeness (QED) is 0.910. The SMILES string of the molecule is Cc1ccc(CN(C)C(c2ccc(C)s2)C(C)N)o1. The zero-order chi connectivity index (χ0) is 14.0. The molecular weight excluding hydrogens is 256 g/mol. The first-order chi connectivity index (χ1) is 8.97. The van der Waals surface area contributed by atoms with Crippen molar-refractivity contribution >= 4 is 11.3 Å². The molecule has 4 heteroatoms. The van der Waals surface area contributed by atoms with Gasteiger partial charge in [-0.15, -0.1) is 11.3 Å². The molecular formula is C15H22N2OS. The minimum absolute atomic E-state index is 0.0825. The standard InChI is InChI=1S/C15H22N2OS/c1-10-5-7-13(18-10)9-17(4)15(12(3)16)14-8-6-11(2)19-14/h5-8,12,15H,9,16H2,1-4H3. The molecule has 2 aromatic heterocycles. The Kier molecular flexibility index (Phi) is 4.45. The van der Waals surface area contributed by atoms with Crippen molar-refractivity contribution < 1.29 is 4.42 Å². The lowest BCUT2D eigenvalue weighted by molar-refractivity contribution is 0.198. The molecule has 0 radical (unpaired) electrons. The van der Waals surface area contributed by atoms with E-state index in [1.165, 1.54) is 9.75 Å². The van der Waals surface area contributed by atoms with E-state index in [1.54, 1.807) is 0 Å². The maximum absolute atomic E-state index is 6.17. The van der Waals surface area contributed by atoms with Crippen molar-refractivity contribution in [2.75, 3.05) is 7.05 Å². The third-order valence-electron chi connectivity index (χ3n) is 3.23. The van der Waals surface area contributed by atoms with E-state index in [0.717, 1.165) is 18.1 Å². The summed E-state index contributed by atoms with van der Waals surface area (Å²) in [7, 11) is 2.10. The van der Waals surface area contributed by atoms with Crippen LogP contribution in [0.4, 0.5) is 0 Å². The first-order valence-corrected chi connectivity index (χ1v) is 7.36. The van der Waals surface area contributed by atoms with Crippen LogP contribution in [0, 0.1) is 13.8 Å². The number of hydrogen-bond donors (Lipinski definition) is 1. The minimum atomic E-state index is 0.0825. The van der Waals surface area contributed by atoms with Gasteiger partial charge in [0.25, 0.3) is 0 Å². The first-order valence-electron chi connectivity index (χ1n) is 6.55. The largest absolute Gasteiger partial charge is 0.465 e. The summed E-state index contributed by atoms with van der Waals surface area (Å²) in [6.07, 6.45) is 0. The molecule has 0 spiro atoms. The molecule has 0 amide bonds. The van der Waals surface area contributed by atoms with Crippen LogP contribution < -0.4 is 5.73 Å². The molecule has 0 saturated carbocycles. The lowest BCUT2D eigenvalue weighted by Gasteiger charge is -2.29. The lowest BCUT2D eigenvalue weighted by atomic mass is 10.1. The molecule has 2 aromatic rings. The van der Waals surface area contributed by atoms with Crippen LogP contribution >= 0.6 is 11.3 Å². The van der Waals surface area contributed by atoms with Gasteiger partial charge in [0.1, 0.15) is 11.5 Å². The average Bonchev–Trinajstić information content (AvgIpc) is 2.88. The molecule has 2 heterocycles. The van der Waals surface area contributed by atoms with Gasteiger partial charge in [-0.3, -0.25) is 4.90 Å². The third kappa shape index (κ3) is 3.47. The molecule has 2 atom stereocenters. The maximum Gasteiger partial charge on any atom is 0.118 e. The summed E-state index contributed by atoms with van der Waals surface area (Å²) >= 11 is 1.82. The lowest BCUT2D eigenvalue weighted by Crippen LogP contribution is -2.36. The molecule has 0 aromatic carbocycles. The van der Waals surface area contributed by atoms with Crippen LogP contribution in [0.1, 0.15) is 34.2 Å². The summed E-state index contributed by atoms with van der Waals surface area (Å²) in [5, 5.41) is 0. The normalized spacial score (nSPS) is 14.8. The van der Waals surface area contributed by atoms with Crippen LogP contribution in [0.25, 0.3) is 0 Å². The van der Waals surface area contributed by atoms with Crippen molar-refractivity contribution in [2.24, 2.45) is 5.73 Å². The summed E-state index contributed by atoms with van der Waals surface area (Å²) in [5.74, 6) is 1.94. The molecule has 0 aliphatic heterocycles. The fourth-order valence-electron chi connectivity index (χ4n) is 2.40. The molecule has 2 N–H and O–H groups in total. The smallest absolute Gasteiger partial charge is 0.118 e. The van der Waals surface area contributed by atoms with E-state index in [0.29, 0.717) is 0 Å². The summed E-state index contributed by atoms with van der Waals surface area (Å²) in [6, 6.07) is 8.67. The van der Waals surface area contributed by atoms with E-state index in [-0.39, 0.29) is 12.1 Å². The third-order valence-corrected chi connectivity index (χ3v) is 4.30. The topological polar surface area (TPSA) is 42.4 Å². The number of hydrogen-bond acceptors (Lipinski definition) is 4. The van der Waals surface area contributed by atoms with E-state index < -0.39 is 0 Å². The van der Waals surface area contributed by atoms with E-state index in [2.05, 4.69) is 37.9 Å². The van der Waals surface area contributed by atoms with Gasteiger partial charge in [0.15, 0.2) is 0 Å². The number of thiophene rings is 1. The van der Waals surface area contributed by atoms with E-state index in [9.17, 15) is 0 Å². The molecule has 2 rings (SSSR count). The Bertz CT molecular complexity index is 530. The Morgan fingerprint density at radius 3 is 2.47 bits per heavy atom. The van der Waals surface area contributed by atoms with Gasteiger partial charge < -0.3 is 10.2 Å². The van der Waals surface area contributed by atoms with Crippen molar-refractivity contribution in [1.29, 1.82) is 0 Å². The highest BCUT2D eigenvalue weighted by molar-refractivity contribution is 7.12. The summed E-state index contributed by atoms with van der Waals surface area (Å²) in [5.41, 5.74) is 6.17. The monoisotopic (exact) mass is 278 g/mol. The molecule has 19 heavy (non-hydrogen) atoms. The van der Waals surface area contributed by atoms with Crippen LogP contribution in [-0.4, -0.2) is 18.0 Å². The van der Waals surface area contributed by atoms with Crippen molar-refractivity contribution in [3.8, 4) is 0 Å². The Morgan fingerprint density at radius 1 is 1.26 bits per heavy atom. The first kappa shape index (κ1) is 14.3. The van der Waals surface area contributed by atoms with Gasteiger partial charge in [-0.05, 0) is 52.1 Å². The fraction of sp³-hybridized carbons (Fsp3) is 0.467. The maximum atomic E-state index is 6.17. The van der Waals surface area contributed by atoms with Gasteiger partial charge in [0.2, 0.25) is 0 Å². The summed E-state index contributed by atoms with van der Waals surface area (Å²) in [4.78, 5) is 4.90. The second-order valence-corrected chi connectivity index (χ2v) is 6.50. The molecule has 3 nitrogen and oxygen atoms in total. The van der Waals surface area contributed by atoms with Gasteiger partial charge in [0, 0.05) is 15.8 Å². The fourth-order valence-corrected chi connectivity index (χ4v) is 3.56. The molecule has 0 bridgehead atoms. The van der Waals surface area contributed by atoms with Crippen LogP contribution in [-0.2, 0) is 6.54 Å². The Labute approximate surface area is 119 Å². The van der Waals surface area contributed by atoms with Crippen LogP contribution in [0.2, 0.25) is 0 Å². The highest BCUT2D eigenvalue weighted by Crippen LogP contribution is 2.30. The Morgan fingerprint density at radius 2 is 2.00 bits per heavy atom. The second kappa shape index (κ2) is 5.90. The predicted octanol–water partition coefficient (Wildman–Crippen LogP) is 3.48. The van der Waals surface area contributed by atoms with Crippen LogP contribution in [0.15, 0.2) is 28.7 Å². The molecule has 104 valence electrons. The molecule has 0 saturated heterocycles.